The zero-order chi connectivity index (χ0) is 18.4. The van der Waals surface area contributed by atoms with Gasteiger partial charge in [0.1, 0.15) is 5.82 Å². The summed E-state index contributed by atoms with van der Waals surface area (Å²) in [6.45, 7) is 2.31. The average Bonchev–Trinajstić information content (AvgIpc) is 3.12. The number of H-pyrrole nitrogens is 1. The van der Waals surface area contributed by atoms with E-state index in [4.69, 9.17) is 0 Å². The van der Waals surface area contributed by atoms with Crippen LogP contribution in [0.3, 0.4) is 0 Å². The molecule has 2 aromatic carbocycles. The summed E-state index contributed by atoms with van der Waals surface area (Å²) in [4.78, 5) is 16.6. The summed E-state index contributed by atoms with van der Waals surface area (Å²) < 4.78 is 12.9. The quantitative estimate of drug-likeness (QED) is 0.625. The van der Waals surface area contributed by atoms with E-state index in [0.29, 0.717) is 23.9 Å². The number of aromatic nitrogens is 3. The number of hydrogen-bond acceptors (Lipinski definition) is 4. The Kier molecular flexibility index (Phi) is 6.01. The van der Waals surface area contributed by atoms with Crippen molar-refractivity contribution in [3.05, 3.63) is 66.0 Å². The van der Waals surface area contributed by atoms with Gasteiger partial charge in [0.2, 0.25) is 11.1 Å². The number of aromatic amines is 1. The predicted molar refractivity (Wildman–Crippen MR) is 100 cm³/mol. The largest absolute Gasteiger partial charge is 0.355 e. The van der Waals surface area contributed by atoms with Crippen molar-refractivity contribution in [1.82, 2.24) is 20.5 Å². The molecule has 2 N–H and O–H groups in total. The highest BCUT2D eigenvalue weighted by Gasteiger charge is 2.17. The Morgan fingerprint density at radius 1 is 1.19 bits per heavy atom. The van der Waals surface area contributed by atoms with Gasteiger partial charge in [-0.15, -0.1) is 5.10 Å². The molecule has 0 radical (unpaired) electrons. The maximum atomic E-state index is 12.9. The van der Waals surface area contributed by atoms with Crippen molar-refractivity contribution in [2.45, 2.75) is 23.8 Å². The van der Waals surface area contributed by atoms with Gasteiger partial charge in [0.15, 0.2) is 5.82 Å². The number of hydrogen-bond donors (Lipinski definition) is 2. The first-order valence-corrected chi connectivity index (χ1v) is 9.16. The van der Waals surface area contributed by atoms with Gasteiger partial charge in [0, 0.05) is 12.1 Å². The number of nitrogens with zero attached hydrogens (tertiary/aromatic N) is 2. The number of rotatable bonds is 7. The third-order valence-corrected chi connectivity index (χ3v) is 4.75. The molecule has 1 atom stereocenters. The minimum absolute atomic E-state index is 0.0804. The molecule has 3 rings (SSSR count). The van der Waals surface area contributed by atoms with Gasteiger partial charge in [-0.05, 0) is 31.0 Å². The third-order valence-electron chi connectivity index (χ3n) is 3.79. The second kappa shape index (κ2) is 8.62. The van der Waals surface area contributed by atoms with Crippen LogP contribution in [0.25, 0.3) is 11.4 Å². The molecule has 3 aromatic rings. The van der Waals surface area contributed by atoms with Crippen molar-refractivity contribution >= 4 is 17.7 Å². The van der Waals surface area contributed by atoms with Crippen LogP contribution in [-0.4, -0.2) is 32.9 Å². The first-order chi connectivity index (χ1) is 12.6. The van der Waals surface area contributed by atoms with Crippen molar-refractivity contribution in [2.75, 3.05) is 6.54 Å². The first-order valence-electron chi connectivity index (χ1n) is 8.28. The molecule has 5 nitrogen and oxygen atoms in total. The van der Waals surface area contributed by atoms with Gasteiger partial charge in [-0.3, -0.25) is 9.89 Å². The monoisotopic (exact) mass is 370 g/mol. The highest BCUT2D eigenvalue weighted by molar-refractivity contribution is 8.00. The lowest BCUT2D eigenvalue weighted by Crippen LogP contribution is -2.32. The topological polar surface area (TPSA) is 70.7 Å². The Bertz CT molecular complexity index is 851. The molecule has 0 bridgehead atoms. The lowest BCUT2D eigenvalue weighted by molar-refractivity contribution is -0.120. The molecule has 0 aliphatic rings. The molecule has 1 amide bonds. The van der Waals surface area contributed by atoms with Gasteiger partial charge in [-0.25, -0.2) is 9.37 Å². The van der Waals surface area contributed by atoms with Crippen LogP contribution in [0.1, 0.15) is 12.5 Å². The van der Waals surface area contributed by atoms with E-state index in [9.17, 15) is 9.18 Å². The molecule has 7 heteroatoms. The molecule has 0 fully saturated rings. The van der Waals surface area contributed by atoms with Gasteiger partial charge in [-0.1, -0.05) is 54.2 Å². The van der Waals surface area contributed by atoms with Crippen molar-refractivity contribution in [3.8, 4) is 11.4 Å². The maximum absolute atomic E-state index is 12.9. The van der Waals surface area contributed by atoms with Crippen LogP contribution < -0.4 is 5.32 Å². The van der Waals surface area contributed by atoms with E-state index < -0.39 is 0 Å². The third kappa shape index (κ3) is 4.92. The normalized spacial score (nSPS) is 11.9. The Morgan fingerprint density at radius 3 is 2.65 bits per heavy atom. The molecule has 0 spiro atoms. The van der Waals surface area contributed by atoms with Crippen molar-refractivity contribution < 1.29 is 9.18 Å². The van der Waals surface area contributed by atoms with E-state index in [0.717, 1.165) is 11.1 Å². The molecular weight excluding hydrogens is 351 g/mol. The maximum Gasteiger partial charge on any atom is 0.233 e. The molecule has 1 aromatic heterocycles. The van der Waals surface area contributed by atoms with Gasteiger partial charge in [-0.2, -0.15) is 0 Å². The molecule has 0 saturated carbocycles. The van der Waals surface area contributed by atoms with Crippen LogP contribution in [0.2, 0.25) is 0 Å². The van der Waals surface area contributed by atoms with Crippen LogP contribution in [0, 0.1) is 5.82 Å². The molecule has 0 aliphatic carbocycles. The molecule has 134 valence electrons. The van der Waals surface area contributed by atoms with Crippen LogP contribution in [0.15, 0.2) is 59.8 Å². The van der Waals surface area contributed by atoms with E-state index in [-0.39, 0.29) is 17.0 Å². The summed E-state index contributed by atoms with van der Waals surface area (Å²) in [6.07, 6.45) is 0.655. The summed E-state index contributed by atoms with van der Waals surface area (Å²) in [6, 6.07) is 16.0. The SMILES string of the molecule is C[C@H](Sc1n[nH]c(-c2ccccc2)n1)C(=O)NCCc1ccc(F)cc1. The van der Waals surface area contributed by atoms with E-state index in [2.05, 4.69) is 20.5 Å². The fourth-order valence-electron chi connectivity index (χ4n) is 2.36. The molecular formula is C19H19FN4OS. The fourth-order valence-corrected chi connectivity index (χ4v) is 3.11. The van der Waals surface area contributed by atoms with Crippen LogP contribution in [0.5, 0.6) is 0 Å². The fraction of sp³-hybridized carbons (Fsp3) is 0.211. The summed E-state index contributed by atoms with van der Waals surface area (Å²) in [5.74, 6) is 0.337. The molecule has 0 saturated heterocycles. The Morgan fingerprint density at radius 2 is 1.92 bits per heavy atom. The highest BCUT2D eigenvalue weighted by Crippen LogP contribution is 2.22. The van der Waals surface area contributed by atoms with Crippen LogP contribution in [0.4, 0.5) is 4.39 Å². The first kappa shape index (κ1) is 18.1. The minimum atomic E-state index is -0.317. The lowest BCUT2D eigenvalue weighted by Gasteiger charge is -2.10. The number of carbonyl (C=O) groups is 1. The Balaban J connectivity index is 1.48. The number of thioether (sulfide) groups is 1. The van der Waals surface area contributed by atoms with Gasteiger partial charge in [0.05, 0.1) is 5.25 Å². The molecule has 1 heterocycles. The number of carbonyl (C=O) groups excluding carboxylic acids is 1. The van der Waals surface area contributed by atoms with Gasteiger partial charge in [0.25, 0.3) is 0 Å². The molecule has 26 heavy (non-hydrogen) atoms. The number of amides is 1. The summed E-state index contributed by atoms with van der Waals surface area (Å²) in [5, 5.41) is 10.2. The van der Waals surface area contributed by atoms with E-state index >= 15 is 0 Å². The summed E-state index contributed by atoms with van der Waals surface area (Å²) in [5.41, 5.74) is 1.93. The van der Waals surface area contributed by atoms with E-state index in [1.807, 2.05) is 37.3 Å². The zero-order valence-corrected chi connectivity index (χ0v) is 15.1. The zero-order valence-electron chi connectivity index (χ0n) is 14.3. The number of halogens is 1. The minimum Gasteiger partial charge on any atom is -0.355 e. The second-order valence-electron chi connectivity index (χ2n) is 5.76. The smallest absolute Gasteiger partial charge is 0.233 e. The lowest BCUT2D eigenvalue weighted by atomic mass is 10.1. The van der Waals surface area contributed by atoms with Crippen LogP contribution >= 0.6 is 11.8 Å². The predicted octanol–water partition coefficient (Wildman–Crippen LogP) is 3.45. The number of nitrogens with one attached hydrogen (secondary N) is 2. The Hall–Kier alpha value is -2.67. The summed E-state index contributed by atoms with van der Waals surface area (Å²) in [7, 11) is 0. The number of benzene rings is 2. The summed E-state index contributed by atoms with van der Waals surface area (Å²) >= 11 is 1.30. The highest BCUT2D eigenvalue weighted by atomic mass is 32.2. The van der Waals surface area contributed by atoms with Gasteiger partial charge >= 0.3 is 0 Å². The van der Waals surface area contributed by atoms with Crippen molar-refractivity contribution in [3.63, 3.8) is 0 Å². The van der Waals surface area contributed by atoms with E-state index in [1.165, 1.54) is 23.9 Å². The van der Waals surface area contributed by atoms with Gasteiger partial charge < -0.3 is 5.32 Å². The van der Waals surface area contributed by atoms with E-state index in [1.54, 1.807) is 12.1 Å². The van der Waals surface area contributed by atoms with Crippen molar-refractivity contribution in [1.29, 1.82) is 0 Å². The van der Waals surface area contributed by atoms with Crippen molar-refractivity contribution in [2.24, 2.45) is 0 Å². The molecule has 0 unspecified atom stereocenters. The molecule has 0 aliphatic heterocycles. The van der Waals surface area contributed by atoms with Crippen LogP contribution in [-0.2, 0) is 11.2 Å². The Labute approximate surface area is 155 Å². The second-order valence-corrected chi connectivity index (χ2v) is 7.07. The standard InChI is InChI=1S/C19H19FN4OS/c1-13(18(25)21-12-11-14-7-9-16(20)10-8-14)26-19-22-17(23-24-19)15-5-3-2-4-6-15/h2-10,13H,11-12H2,1H3,(H,21,25)(H,22,23,24)/t13-/m0/s1. The average molecular weight is 370 g/mol.